The molecule has 0 unspecified atom stereocenters. The van der Waals surface area contributed by atoms with Crippen LogP contribution < -0.4 is 10.1 Å². The summed E-state index contributed by atoms with van der Waals surface area (Å²) in [6, 6.07) is 8.07. The van der Waals surface area contributed by atoms with E-state index in [4.69, 9.17) is 4.74 Å². The Hall–Kier alpha value is -1.11. The smallest absolute Gasteiger partial charge is 0.152 e. The number of rotatable bonds is 7. The van der Waals surface area contributed by atoms with Crippen LogP contribution in [0.25, 0.3) is 0 Å². The SMILES string of the molecule is CCNCc1cccc(OCCN2CCS(=O)(=O)CC2)c1. The van der Waals surface area contributed by atoms with Crippen molar-refractivity contribution >= 4 is 9.84 Å². The van der Waals surface area contributed by atoms with Crippen LogP contribution in [0.15, 0.2) is 24.3 Å². The number of benzene rings is 1. The Bertz CT molecular complexity index is 532. The highest BCUT2D eigenvalue weighted by molar-refractivity contribution is 7.91. The van der Waals surface area contributed by atoms with Crippen LogP contribution in [0, 0.1) is 0 Å². The lowest BCUT2D eigenvalue weighted by atomic mass is 10.2. The number of nitrogens with one attached hydrogen (secondary N) is 1. The Morgan fingerprint density at radius 3 is 2.76 bits per heavy atom. The van der Waals surface area contributed by atoms with Gasteiger partial charge >= 0.3 is 0 Å². The van der Waals surface area contributed by atoms with Gasteiger partial charge in [0.15, 0.2) is 9.84 Å². The highest BCUT2D eigenvalue weighted by Crippen LogP contribution is 2.13. The van der Waals surface area contributed by atoms with Crippen molar-refractivity contribution < 1.29 is 13.2 Å². The first-order valence-electron chi connectivity index (χ1n) is 7.44. The van der Waals surface area contributed by atoms with Crippen LogP contribution in [0.2, 0.25) is 0 Å². The summed E-state index contributed by atoms with van der Waals surface area (Å²) in [5.41, 5.74) is 1.21. The fraction of sp³-hybridized carbons (Fsp3) is 0.600. The van der Waals surface area contributed by atoms with Crippen molar-refractivity contribution in [2.75, 3.05) is 44.3 Å². The van der Waals surface area contributed by atoms with Crippen molar-refractivity contribution in [3.8, 4) is 5.75 Å². The Balaban J connectivity index is 1.73. The van der Waals surface area contributed by atoms with E-state index < -0.39 is 9.84 Å². The van der Waals surface area contributed by atoms with E-state index in [1.165, 1.54) is 5.56 Å². The van der Waals surface area contributed by atoms with Crippen molar-refractivity contribution in [2.24, 2.45) is 0 Å². The van der Waals surface area contributed by atoms with Gasteiger partial charge in [0.05, 0.1) is 11.5 Å². The maximum absolute atomic E-state index is 11.4. The number of ether oxygens (including phenoxy) is 1. The molecule has 0 amide bonds. The molecule has 118 valence electrons. The fourth-order valence-corrected chi connectivity index (χ4v) is 3.56. The number of hydrogen-bond donors (Lipinski definition) is 1. The molecule has 1 aromatic rings. The molecule has 0 atom stereocenters. The summed E-state index contributed by atoms with van der Waals surface area (Å²) in [7, 11) is -2.80. The maximum atomic E-state index is 11.4. The van der Waals surface area contributed by atoms with Gasteiger partial charge in [-0.05, 0) is 24.2 Å². The lowest BCUT2D eigenvalue weighted by Gasteiger charge is -2.26. The molecule has 2 rings (SSSR count). The number of hydrogen-bond acceptors (Lipinski definition) is 5. The zero-order valence-corrected chi connectivity index (χ0v) is 13.4. The molecule has 0 radical (unpaired) electrons. The normalized spacial score (nSPS) is 18.5. The molecule has 1 aliphatic rings. The highest BCUT2D eigenvalue weighted by atomic mass is 32.2. The summed E-state index contributed by atoms with van der Waals surface area (Å²) in [5, 5.41) is 3.29. The third-order valence-electron chi connectivity index (χ3n) is 3.59. The van der Waals surface area contributed by atoms with E-state index in [0.717, 1.165) is 25.4 Å². The van der Waals surface area contributed by atoms with Gasteiger partial charge in [0.2, 0.25) is 0 Å². The third kappa shape index (κ3) is 5.65. The Labute approximate surface area is 127 Å². The summed E-state index contributed by atoms with van der Waals surface area (Å²) < 4.78 is 28.5. The summed E-state index contributed by atoms with van der Waals surface area (Å²) >= 11 is 0. The summed E-state index contributed by atoms with van der Waals surface area (Å²) in [6.45, 7) is 6.47. The summed E-state index contributed by atoms with van der Waals surface area (Å²) in [5.74, 6) is 1.41. The lowest BCUT2D eigenvalue weighted by molar-refractivity contribution is 0.219. The maximum Gasteiger partial charge on any atom is 0.152 e. The van der Waals surface area contributed by atoms with Gasteiger partial charge in [0, 0.05) is 26.2 Å². The molecular formula is C15H24N2O3S. The van der Waals surface area contributed by atoms with Gasteiger partial charge in [-0.3, -0.25) is 4.90 Å². The lowest BCUT2D eigenvalue weighted by Crippen LogP contribution is -2.42. The molecule has 1 N–H and O–H groups in total. The second kappa shape index (κ2) is 7.77. The van der Waals surface area contributed by atoms with Crippen molar-refractivity contribution in [1.29, 1.82) is 0 Å². The van der Waals surface area contributed by atoms with Gasteiger partial charge in [0.25, 0.3) is 0 Å². The second-order valence-electron chi connectivity index (χ2n) is 5.27. The molecule has 1 heterocycles. The van der Waals surface area contributed by atoms with Gasteiger partial charge < -0.3 is 10.1 Å². The van der Waals surface area contributed by atoms with E-state index in [1.807, 2.05) is 18.2 Å². The number of nitrogens with zero attached hydrogens (tertiary/aromatic N) is 1. The minimum atomic E-state index is -2.80. The highest BCUT2D eigenvalue weighted by Gasteiger charge is 2.20. The first-order valence-corrected chi connectivity index (χ1v) is 9.26. The summed E-state index contributed by atoms with van der Waals surface area (Å²) in [6.07, 6.45) is 0. The number of sulfone groups is 1. The molecule has 1 saturated heterocycles. The van der Waals surface area contributed by atoms with Gasteiger partial charge in [-0.2, -0.15) is 0 Å². The molecule has 6 heteroatoms. The molecule has 0 saturated carbocycles. The van der Waals surface area contributed by atoms with Crippen molar-refractivity contribution in [3.63, 3.8) is 0 Å². The topological polar surface area (TPSA) is 58.6 Å². The molecule has 1 fully saturated rings. The zero-order chi connectivity index (χ0) is 15.1. The Morgan fingerprint density at radius 1 is 1.29 bits per heavy atom. The quantitative estimate of drug-likeness (QED) is 0.811. The van der Waals surface area contributed by atoms with Gasteiger partial charge in [-0.1, -0.05) is 19.1 Å². The van der Waals surface area contributed by atoms with Crippen LogP contribution in [0.1, 0.15) is 12.5 Å². The van der Waals surface area contributed by atoms with E-state index in [2.05, 4.69) is 23.2 Å². The van der Waals surface area contributed by atoms with Gasteiger partial charge in [-0.25, -0.2) is 8.42 Å². The minimum Gasteiger partial charge on any atom is -0.492 e. The molecule has 0 aliphatic carbocycles. The molecule has 0 bridgehead atoms. The van der Waals surface area contributed by atoms with E-state index in [-0.39, 0.29) is 11.5 Å². The van der Waals surface area contributed by atoms with Crippen LogP contribution in [-0.4, -0.2) is 57.6 Å². The molecule has 5 nitrogen and oxygen atoms in total. The Morgan fingerprint density at radius 2 is 2.05 bits per heavy atom. The molecule has 1 aromatic carbocycles. The van der Waals surface area contributed by atoms with Crippen LogP contribution in [0.3, 0.4) is 0 Å². The first kappa shape index (κ1) is 16.3. The van der Waals surface area contributed by atoms with Crippen molar-refractivity contribution in [3.05, 3.63) is 29.8 Å². The monoisotopic (exact) mass is 312 g/mol. The van der Waals surface area contributed by atoms with E-state index >= 15 is 0 Å². The second-order valence-corrected chi connectivity index (χ2v) is 7.57. The van der Waals surface area contributed by atoms with E-state index in [9.17, 15) is 8.42 Å². The summed E-state index contributed by atoms with van der Waals surface area (Å²) in [4.78, 5) is 2.14. The fourth-order valence-electron chi connectivity index (χ4n) is 2.28. The average molecular weight is 312 g/mol. The molecule has 1 aliphatic heterocycles. The first-order chi connectivity index (χ1) is 10.1. The zero-order valence-electron chi connectivity index (χ0n) is 12.5. The van der Waals surface area contributed by atoms with Gasteiger partial charge in [0.1, 0.15) is 12.4 Å². The standard InChI is InChI=1S/C15H24N2O3S/c1-2-16-13-14-4-3-5-15(12-14)20-9-6-17-7-10-21(18,19)11-8-17/h3-5,12,16H,2,6-11,13H2,1H3. The van der Waals surface area contributed by atoms with E-state index in [0.29, 0.717) is 19.7 Å². The van der Waals surface area contributed by atoms with Crippen LogP contribution in [0.5, 0.6) is 5.75 Å². The van der Waals surface area contributed by atoms with Crippen LogP contribution >= 0.6 is 0 Å². The molecule has 0 aromatic heterocycles. The van der Waals surface area contributed by atoms with Crippen LogP contribution in [0.4, 0.5) is 0 Å². The molecule has 21 heavy (non-hydrogen) atoms. The van der Waals surface area contributed by atoms with Crippen LogP contribution in [-0.2, 0) is 16.4 Å². The van der Waals surface area contributed by atoms with E-state index in [1.54, 1.807) is 0 Å². The third-order valence-corrected chi connectivity index (χ3v) is 5.20. The largest absolute Gasteiger partial charge is 0.492 e. The predicted molar refractivity (Wildman–Crippen MR) is 84.4 cm³/mol. The van der Waals surface area contributed by atoms with Crippen molar-refractivity contribution in [2.45, 2.75) is 13.5 Å². The Kier molecular flexibility index (Phi) is 6.02. The van der Waals surface area contributed by atoms with Gasteiger partial charge in [-0.15, -0.1) is 0 Å². The minimum absolute atomic E-state index is 0.269. The van der Waals surface area contributed by atoms with Crippen molar-refractivity contribution in [1.82, 2.24) is 10.2 Å². The molecule has 0 spiro atoms. The predicted octanol–water partition coefficient (Wildman–Crippen LogP) is 0.905. The molecular weight excluding hydrogens is 288 g/mol. The average Bonchev–Trinajstić information content (AvgIpc) is 2.47.